The molecule has 4 atom stereocenters. The van der Waals surface area contributed by atoms with Crippen LogP contribution in [0.5, 0.6) is 0 Å². The van der Waals surface area contributed by atoms with Crippen LogP contribution in [0.1, 0.15) is 33.6 Å². The van der Waals surface area contributed by atoms with Crippen molar-refractivity contribution in [1.29, 1.82) is 0 Å². The summed E-state index contributed by atoms with van der Waals surface area (Å²) in [4.78, 5) is 0. The Labute approximate surface area is 80.0 Å². The first-order valence-electron chi connectivity index (χ1n) is 5.22. The molecule has 13 heavy (non-hydrogen) atoms. The van der Waals surface area contributed by atoms with Crippen molar-refractivity contribution in [3.8, 4) is 0 Å². The lowest BCUT2D eigenvalue weighted by Crippen LogP contribution is -2.63. The molecule has 0 saturated heterocycles. The molecule has 2 bridgehead atoms. The summed E-state index contributed by atoms with van der Waals surface area (Å²) in [5, 5.41) is 19.3. The van der Waals surface area contributed by atoms with Crippen LogP contribution in [-0.2, 0) is 0 Å². The van der Waals surface area contributed by atoms with E-state index < -0.39 is 0 Å². The van der Waals surface area contributed by atoms with Gasteiger partial charge in [-0.3, -0.25) is 0 Å². The first kappa shape index (κ1) is 9.47. The Morgan fingerprint density at radius 2 is 1.85 bits per heavy atom. The highest BCUT2D eigenvalue weighted by Crippen LogP contribution is 2.65. The summed E-state index contributed by atoms with van der Waals surface area (Å²) in [6, 6.07) is 0. The second-order valence-electron chi connectivity index (χ2n) is 5.72. The summed E-state index contributed by atoms with van der Waals surface area (Å²) in [6.45, 7) is 6.69. The number of hydrogen-bond acceptors (Lipinski definition) is 2. The van der Waals surface area contributed by atoms with Gasteiger partial charge in [-0.25, -0.2) is 0 Å². The fourth-order valence-electron chi connectivity index (χ4n) is 3.52. The molecule has 3 fully saturated rings. The molecule has 0 amide bonds. The van der Waals surface area contributed by atoms with Crippen LogP contribution in [0.3, 0.4) is 0 Å². The quantitative estimate of drug-likeness (QED) is 0.647. The topological polar surface area (TPSA) is 40.5 Å². The third-order valence-electron chi connectivity index (χ3n) is 4.88. The number of aliphatic hydroxyl groups is 2. The third kappa shape index (κ3) is 0.962. The monoisotopic (exact) mass is 184 g/mol. The molecule has 3 aliphatic rings. The maximum absolute atomic E-state index is 9.90. The molecule has 0 heterocycles. The summed E-state index contributed by atoms with van der Waals surface area (Å²) in [6.07, 6.45) is 1.77. The van der Waals surface area contributed by atoms with Gasteiger partial charge in [0.1, 0.15) is 0 Å². The SMILES string of the molecule is CC1(C)[C@H]2C[C@@H](O)[C@](C)(CO)[C@@H]1C2. The van der Waals surface area contributed by atoms with Crippen molar-refractivity contribution in [3.63, 3.8) is 0 Å². The van der Waals surface area contributed by atoms with Crippen molar-refractivity contribution >= 4 is 0 Å². The van der Waals surface area contributed by atoms with Crippen molar-refractivity contribution in [1.82, 2.24) is 0 Å². The lowest BCUT2D eigenvalue weighted by molar-refractivity contribution is -0.219. The molecule has 2 N–H and O–H groups in total. The van der Waals surface area contributed by atoms with E-state index in [2.05, 4.69) is 13.8 Å². The fraction of sp³-hybridized carbons (Fsp3) is 1.00. The summed E-state index contributed by atoms with van der Waals surface area (Å²) in [5.41, 5.74) is 0.0783. The zero-order valence-corrected chi connectivity index (χ0v) is 8.75. The van der Waals surface area contributed by atoms with E-state index in [0.29, 0.717) is 17.3 Å². The molecular weight excluding hydrogens is 164 g/mol. The molecule has 0 radical (unpaired) electrons. The van der Waals surface area contributed by atoms with Gasteiger partial charge < -0.3 is 10.2 Å². The Morgan fingerprint density at radius 1 is 1.23 bits per heavy atom. The minimum atomic E-state index is -0.297. The van der Waals surface area contributed by atoms with Crippen molar-refractivity contribution in [2.75, 3.05) is 6.61 Å². The van der Waals surface area contributed by atoms with Gasteiger partial charge in [0.05, 0.1) is 12.7 Å². The summed E-state index contributed by atoms with van der Waals surface area (Å²) in [7, 11) is 0. The predicted molar refractivity (Wildman–Crippen MR) is 51.2 cm³/mol. The lowest BCUT2D eigenvalue weighted by Gasteiger charge is -2.65. The zero-order chi connectivity index (χ0) is 9.85. The first-order chi connectivity index (χ1) is 5.93. The minimum absolute atomic E-state index is 0.120. The molecule has 3 saturated carbocycles. The van der Waals surface area contributed by atoms with E-state index in [-0.39, 0.29) is 18.1 Å². The average molecular weight is 184 g/mol. The van der Waals surface area contributed by atoms with E-state index >= 15 is 0 Å². The van der Waals surface area contributed by atoms with Crippen LogP contribution in [-0.4, -0.2) is 22.9 Å². The van der Waals surface area contributed by atoms with E-state index in [1.54, 1.807) is 0 Å². The number of hydrogen-bond donors (Lipinski definition) is 2. The maximum atomic E-state index is 9.90. The van der Waals surface area contributed by atoms with Crippen LogP contribution in [0, 0.1) is 22.7 Å². The highest BCUT2D eigenvalue weighted by Gasteiger charge is 2.62. The standard InChI is InChI=1S/C11H20O2/c1-10(2)7-4-8(10)11(3,6-12)9(13)5-7/h7-9,12-13H,4-6H2,1-3H3/t7-,8-,9-,11-/m1/s1. The van der Waals surface area contributed by atoms with Crippen LogP contribution in [0.25, 0.3) is 0 Å². The Balaban J connectivity index is 2.27. The van der Waals surface area contributed by atoms with E-state index in [1.807, 2.05) is 6.92 Å². The van der Waals surface area contributed by atoms with Gasteiger partial charge in [-0.05, 0) is 30.1 Å². The third-order valence-corrected chi connectivity index (χ3v) is 4.88. The number of aliphatic hydroxyl groups excluding tert-OH is 2. The van der Waals surface area contributed by atoms with Gasteiger partial charge in [-0.2, -0.15) is 0 Å². The van der Waals surface area contributed by atoms with Gasteiger partial charge >= 0.3 is 0 Å². The summed E-state index contributed by atoms with van der Waals surface area (Å²) >= 11 is 0. The molecule has 0 aliphatic heterocycles. The van der Waals surface area contributed by atoms with Gasteiger partial charge in [0, 0.05) is 5.41 Å². The van der Waals surface area contributed by atoms with Gasteiger partial charge in [0.2, 0.25) is 0 Å². The smallest absolute Gasteiger partial charge is 0.0621 e. The average Bonchev–Trinajstić information content (AvgIpc) is 2.08. The van der Waals surface area contributed by atoms with E-state index in [1.165, 1.54) is 6.42 Å². The van der Waals surface area contributed by atoms with E-state index in [4.69, 9.17) is 0 Å². The zero-order valence-electron chi connectivity index (χ0n) is 8.75. The minimum Gasteiger partial charge on any atom is -0.396 e. The van der Waals surface area contributed by atoms with Gasteiger partial charge in [0.25, 0.3) is 0 Å². The molecule has 0 aromatic rings. The molecule has 0 aromatic carbocycles. The van der Waals surface area contributed by atoms with Crippen LogP contribution in [0.4, 0.5) is 0 Å². The normalized spacial score (nSPS) is 52.8. The molecule has 0 unspecified atom stereocenters. The molecule has 76 valence electrons. The second-order valence-corrected chi connectivity index (χ2v) is 5.72. The van der Waals surface area contributed by atoms with Crippen molar-refractivity contribution in [2.24, 2.45) is 22.7 Å². The summed E-state index contributed by atoms with van der Waals surface area (Å²) < 4.78 is 0. The second kappa shape index (κ2) is 2.48. The molecule has 3 aliphatic carbocycles. The molecule has 0 spiro atoms. The molecule has 3 rings (SSSR count). The fourth-order valence-corrected chi connectivity index (χ4v) is 3.52. The van der Waals surface area contributed by atoms with Crippen molar-refractivity contribution in [3.05, 3.63) is 0 Å². The highest BCUT2D eigenvalue weighted by atomic mass is 16.3. The molecule has 2 heteroatoms. The number of fused-ring (bicyclic) bond motifs is 2. The van der Waals surface area contributed by atoms with Crippen LogP contribution >= 0.6 is 0 Å². The Bertz CT molecular complexity index is 224. The lowest BCUT2D eigenvalue weighted by atomic mass is 9.40. The van der Waals surface area contributed by atoms with Crippen LogP contribution in [0.15, 0.2) is 0 Å². The van der Waals surface area contributed by atoms with Gasteiger partial charge in [-0.15, -0.1) is 0 Å². The Hall–Kier alpha value is -0.0800. The molecule has 2 nitrogen and oxygen atoms in total. The van der Waals surface area contributed by atoms with E-state index in [0.717, 1.165) is 6.42 Å². The predicted octanol–water partition coefficient (Wildman–Crippen LogP) is 1.41. The van der Waals surface area contributed by atoms with Gasteiger partial charge in [-0.1, -0.05) is 20.8 Å². The molecular formula is C11H20O2. The van der Waals surface area contributed by atoms with Gasteiger partial charge in [0.15, 0.2) is 0 Å². The Kier molecular flexibility index (Phi) is 1.81. The highest BCUT2D eigenvalue weighted by molar-refractivity contribution is 5.11. The maximum Gasteiger partial charge on any atom is 0.0621 e. The molecule has 0 aromatic heterocycles. The summed E-state index contributed by atoms with van der Waals surface area (Å²) in [5.74, 6) is 1.17. The number of rotatable bonds is 1. The van der Waals surface area contributed by atoms with Crippen molar-refractivity contribution in [2.45, 2.75) is 39.7 Å². The van der Waals surface area contributed by atoms with E-state index in [9.17, 15) is 10.2 Å². The largest absolute Gasteiger partial charge is 0.396 e. The van der Waals surface area contributed by atoms with Crippen LogP contribution in [0.2, 0.25) is 0 Å². The van der Waals surface area contributed by atoms with Crippen LogP contribution < -0.4 is 0 Å². The van der Waals surface area contributed by atoms with Crippen molar-refractivity contribution < 1.29 is 10.2 Å². The first-order valence-corrected chi connectivity index (χ1v) is 5.22. The Morgan fingerprint density at radius 3 is 2.23 bits per heavy atom.